The highest BCUT2D eigenvalue weighted by molar-refractivity contribution is 7.92. The van der Waals surface area contributed by atoms with Crippen LogP contribution in [-0.4, -0.2) is 43.8 Å². The maximum Gasteiger partial charge on any atom is 0.416 e. The fourth-order valence-electron chi connectivity index (χ4n) is 6.01. The highest BCUT2D eigenvalue weighted by Crippen LogP contribution is 2.37. The average Bonchev–Trinajstić information content (AvgIpc) is 3.59. The standard InChI is InChI=1S/C37H37ClF3N3O4S/c1-26-12-8-9-15-28(26)24-43(34(22-27-13-4-2-5-14-27)36(46)42-30-16-10-11-17-30)35(45)25-44(49(47,48)31-18-6-3-7-19-31)33-23-29(37(39,40)41)20-21-32(33)38/h2-9,12-15,18-21,23,30,34H,10-11,16-17,22,24-25H2,1H3,(H,42,46)/t34-/m0/s1. The number of rotatable bonds is 12. The van der Waals surface area contributed by atoms with Crippen molar-refractivity contribution in [1.82, 2.24) is 10.2 Å². The minimum absolute atomic E-state index is 0.0589. The van der Waals surface area contributed by atoms with E-state index in [2.05, 4.69) is 5.32 Å². The van der Waals surface area contributed by atoms with E-state index in [1.54, 1.807) is 12.1 Å². The normalized spacial score (nSPS) is 14.3. The molecule has 12 heteroatoms. The van der Waals surface area contributed by atoms with E-state index < -0.39 is 51.9 Å². The Bertz CT molecular complexity index is 1870. The summed E-state index contributed by atoms with van der Waals surface area (Å²) in [7, 11) is -4.64. The molecule has 0 spiro atoms. The van der Waals surface area contributed by atoms with Crippen LogP contribution in [0.15, 0.2) is 108 Å². The largest absolute Gasteiger partial charge is 0.416 e. The lowest BCUT2D eigenvalue weighted by Gasteiger charge is -2.35. The molecular formula is C37H37ClF3N3O4S. The van der Waals surface area contributed by atoms with Crippen LogP contribution in [0.3, 0.4) is 0 Å². The summed E-state index contributed by atoms with van der Waals surface area (Å²) in [5, 5.41) is 2.80. The first-order valence-electron chi connectivity index (χ1n) is 16.0. The summed E-state index contributed by atoms with van der Waals surface area (Å²) < 4.78 is 70.6. The van der Waals surface area contributed by atoms with Gasteiger partial charge in [0.15, 0.2) is 0 Å². The predicted octanol–water partition coefficient (Wildman–Crippen LogP) is 7.56. The molecule has 1 aliphatic carbocycles. The maximum absolute atomic E-state index is 14.7. The fourth-order valence-corrected chi connectivity index (χ4v) is 7.72. The van der Waals surface area contributed by atoms with Gasteiger partial charge in [-0.2, -0.15) is 13.2 Å². The number of carbonyl (C=O) groups excluding carboxylic acids is 2. The van der Waals surface area contributed by atoms with Crippen LogP contribution in [0, 0.1) is 6.92 Å². The molecule has 2 amide bonds. The van der Waals surface area contributed by atoms with E-state index in [9.17, 15) is 31.2 Å². The van der Waals surface area contributed by atoms with Gasteiger partial charge in [-0.1, -0.05) is 97.2 Å². The van der Waals surface area contributed by atoms with Gasteiger partial charge in [-0.3, -0.25) is 13.9 Å². The molecule has 258 valence electrons. The van der Waals surface area contributed by atoms with Crippen molar-refractivity contribution in [2.24, 2.45) is 0 Å². The second-order valence-electron chi connectivity index (χ2n) is 12.1. The lowest BCUT2D eigenvalue weighted by molar-refractivity contribution is -0.140. The number of amides is 2. The molecule has 4 aromatic carbocycles. The first-order chi connectivity index (χ1) is 23.3. The first kappa shape index (κ1) is 35.9. The minimum Gasteiger partial charge on any atom is -0.352 e. The Balaban J connectivity index is 1.62. The van der Waals surface area contributed by atoms with Gasteiger partial charge in [0.1, 0.15) is 12.6 Å². The van der Waals surface area contributed by atoms with Gasteiger partial charge in [0, 0.05) is 19.0 Å². The molecule has 0 bridgehead atoms. The SMILES string of the molecule is Cc1ccccc1CN(C(=O)CN(c1cc(C(F)(F)F)ccc1Cl)S(=O)(=O)c1ccccc1)[C@@H](Cc1ccccc1)C(=O)NC1CCCC1. The van der Waals surface area contributed by atoms with Gasteiger partial charge in [-0.25, -0.2) is 8.42 Å². The van der Waals surface area contributed by atoms with Crippen molar-refractivity contribution in [3.05, 3.63) is 130 Å². The van der Waals surface area contributed by atoms with Crippen molar-refractivity contribution in [3.63, 3.8) is 0 Å². The van der Waals surface area contributed by atoms with Crippen molar-refractivity contribution in [2.45, 2.75) is 68.7 Å². The van der Waals surface area contributed by atoms with Crippen molar-refractivity contribution >= 4 is 39.1 Å². The summed E-state index contributed by atoms with van der Waals surface area (Å²) >= 11 is 6.40. The van der Waals surface area contributed by atoms with E-state index in [1.165, 1.54) is 29.2 Å². The van der Waals surface area contributed by atoms with Crippen LogP contribution < -0.4 is 9.62 Å². The molecule has 4 aromatic rings. The molecule has 7 nitrogen and oxygen atoms in total. The van der Waals surface area contributed by atoms with Crippen LogP contribution in [0.5, 0.6) is 0 Å². The zero-order chi connectivity index (χ0) is 35.2. The van der Waals surface area contributed by atoms with Gasteiger partial charge in [0.05, 0.1) is 21.2 Å². The maximum atomic E-state index is 14.7. The van der Waals surface area contributed by atoms with E-state index in [0.717, 1.165) is 54.5 Å². The van der Waals surface area contributed by atoms with E-state index in [0.29, 0.717) is 10.4 Å². The number of sulfonamides is 1. The number of alkyl halides is 3. The van der Waals surface area contributed by atoms with Crippen molar-refractivity contribution in [1.29, 1.82) is 0 Å². The van der Waals surface area contributed by atoms with Gasteiger partial charge in [-0.05, 0) is 66.8 Å². The minimum atomic E-state index is -4.82. The molecule has 0 aliphatic heterocycles. The lowest BCUT2D eigenvalue weighted by atomic mass is 10.0. The predicted molar refractivity (Wildman–Crippen MR) is 183 cm³/mol. The summed E-state index contributed by atoms with van der Waals surface area (Å²) in [4.78, 5) is 29.9. The first-order valence-corrected chi connectivity index (χ1v) is 17.8. The lowest BCUT2D eigenvalue weighted by Crippen LogP contribution is -2.54. The van der Waals surface area contributed by atoms with Gasteiger partial charge < -0.3 is 10.2 Å². The molecule has 1 saturated carbocycles. The zero-order valence-corrected chi connectivity index (χ0v) is 28.4. The number of halogens is 4. The summed E-state index contributed by atoms with van der Waals surface area (Å²) in [6.07, 6.45) is -1.18. The quantitative estimate of drug-likeness (QED) is 0.164. The van der Waals surface area contributed by atoms with Crippen molar-refractivity contribution in [3.8, 4) is 0 Å². The van der Waals surface area contributed by atoms with Crippen LogP contribution in [0.2, 0.25) is 5.02 Å². The van der Waals surface area contributed by atoms with Gasteiger partial charge in [-0.15, -0.1) is 0 Å². The Morgan fingerprint density at radius 2 is 1.51 bits per heavy atom. The second kappa shape index (κ2) is 15.5. The van der Waals surface area contributed by atoms with Crippen LogP contribution >= 0.6 is 11.6 Å². The number of anilines is 1. The summed E-state index contributed by atoms with van der Waals surface area (Å²) in [5.74, 6) is -1.19. The van der Waals surface area contributed by atoms with E-state index in [1.807, 2.05) is 55.5 Å². The second-order valence-corrected chi connectivity index (χ2v) is 14.4. The highest BCUT2D eigenvalue weighted by atomic mass is 35.5. The molecular weight excluding hydrogens is 675 g/mol. The van der Waals surface area contributed by atoms with E-state index in [-0.39, 0.29) is 28.9 Å². The van der Waals surface area contributed by atoms with E-state index in [4.69, 9.17) is 11.6 Å². The molecule has 0 heterocycles. The number of benzene rings is 4. The third kappa shape index (κ3) is 8.82. The van der Waals surface area contributed by atoms with Gasteiger partial charge in [0.25, 0.3) is 10.0 Å². The number of nitrogens with zero attached hydrogens (tertiary/aromatic N) is 2. The molecule has 1 atom stereocenters. The molecule has 1 fully saturated rings. The van der Waals surface area contributed by atoms with E-state index >= 15 is 0 Å². The molecule has 1 N–H and O–H groups in total. The van der Waals surface area contributed by atoms with Crippen molar-refractivity contribution in [2.75, 3.05) is 10.8 Å². The number of carbonyl (C=O) groups is 2. The summed E-state index contributed by atoms with van der Waals surface area (Å²) in [6, 6.07) is 24.7. The number of aryl methyl sites for hydroxylation is 1. The fraction of sp³-hybridized carbons (Fsp3) is 0.297. The average molecular weight is 712 g/mol. The van der Waals surface area contributed by atoms with Crippen LogP contribution in [0.1, 0.15) is 47.9 Å². The zero-order valence-electron chi connectivity index (χ0n) is 26.9. The van der Waals surface area contributed by atoms with Crippen molar-refractivity contribution < 1.29 is 31.2 Å². The third-order valence-corrected chi connectivity index (χ3v) is 10.8. The molecule has 0 unspecified atom stereocenters. The third-order valence-electron chi connectivity index (χ3n) is 8.73. The Morgan fingerprint density at radius 1 is 0.898 bits per heavy atom. The number of hydrogen-bond acceptors (Lipinski definition) is 4. The molecule has 1 aliphatic rings. The molecule has 0 aromatic heterocycles. The topological polar surface area (TPSA) is 86.8 Å². The Morgan fingerprint density at radius 3 is 2.14 bits per heavy atom. The molecule has 0 saturated heterocycles. The Labute approximate surface area is 289 Å². The highest BCUT2D eigenvalue weighted by Gasteiger charge is 2.38. The Kier molecular flexibility index (Phi) is 11.3. The number of nitrogens with one attached hydrogen (secondary N) is 1. The van der Waals surface area contributed by atoms with Crippen LogP contribution in [0.25, 0.3) is 0 Å². The summed E-state index contributed by atoms with van der Waals surface area (Å²) in [6.45, 7) is 0.875. The Hall–Kier alpha value is -4.35. The van der Waals surface area contributed by atoms with Crippen LogP contribution in [-0.2, 0) is 38.8 Å². The van der Waals surface area contributed by atoms with Gasteiger partial charge >= 0.3 is 6.18 Å². The molecule has 0 radical (unpaired) electrons. The monoisotopic (exact) mass is 711 g/mol. The number of hydrogen-bond donors (Lipinski definition) is 1. The van der Waals surface area contributed by atoms with Gasteiger partial charge in [0.2, 0.25) is 11.8 Å². The summed E-state index contributed by atoms with van der Waals surface area (Å²) in [5.41, 5.74) is 0.676. The smallest absolute Gasteiger partial charge is 0.352 e. The molecule has 49 heavy (non-hydrogen) atoms. The molecule has 5 rings (SSSR count). The van der Waals surface area contributed by atoms with Crippen LogP contribution in [0.4, 0.5) is 18.9 Å².